The average molecular weight is 226 g/mol. The summed E-state index contributed by atoms with van der Waals surface area (Å²) in [6, 6.07) is 0. The first-order valence-electron chi connectivity index (χ1n) is 6.21. The fraction of sp³-hybridized carbons (Fsp3) is 0.833. The lowest BCUT2D eigenvalue weighted by Gasteiger charge is -2.31. The number of nitrogens with zero attached hydrogens (tertiary/aromatic N) is 1. The number of hydrogen-bond donors (Lipinski definition) is 1. The van der Waals surface area contributed by atoms with Crippen LogP contribution in [0, 0.1) is 5.92 Å². The predicted molar refractivity (Wildman–Crippen MR) is 63.1 cm³/mol. The lowest BCUT2D eigenvalue weighted by atomic mass is 9.97. The largest absolute Gasteiger partial charge is 0.355 e. The molecule has 0 aliphatic carbocycles. The first-order valence-corrected chi connectivity index (χ1v) is 6.21. The molecule has 0 aromatic heterocycles. The summed E-state index contributed by atoms with van der Waals surface area (Å²) < 4.78 is 0. The molecule has 1 saturated heterocycles. The van der Waals surface area contributed by atoms with Gasteiger partial charge in [-0.25, -0.2) is 0 Å². The van der Waals surface area contributed by atoms with E-state index in [4.69, 9.17) is 0 Å². The molecule has 0 saturated carbocycles. The van der Waals surface area contributed by atoms with Crippen LogP contribution in [0.1, 0.15) is 32.6 Å². The van der Waals surface area contributed by atoms with Crippen molar-refractivity contribution in [1.29, 1.82) is 0 Å². The molecule has 0 spiro atoms. The minimum atomic E-state index is 0.114. The van der Waals surface area contributed by atoms with Gasteiger partial charge in [-0.3, -0.25) is 4.79 Å². The lowest BCUT2D eigenvalue weighted by Crippen LogP contribution is -2.43. The zero-order valence-electron chi connectivity index (χ0n) is 10.1. The molecule has 1 atom stereocenters. The second-order valence-corrected chi connectivity index (χ2v) is 4.39. The Bertz CT molecular complexity index is 229. The van der Waals surface area contributed by atoms with Gasteiger partial charge in [-0.1, -0.05) is 6.92 Å². The molecule has 0 bridgehead atoms. The quantitative estimate of drug-likeness (QED) is 0.538. The number of likely N-dealkylation sites (tertiary alicyclic amines) is 1. The van der Waals surface area contributed by atoms with Crippen LogP contribution in [0.5, 0.6) is 0 Å². The molecular weight excluding hydrogens is 204 g/mol. The summed E-state index contributed by atoms with van der Waals surface area (Å²) in [5.74, 6) is 0.231. The topological polar surface area (TPSA) is 49.4 Å². The van der Waals surface area contributed by atoms with Crippen molar-refractivity contribution in [2.24, 2.45) is 5.92 Å². The number of carbonyl (C=O) groups excluding carboxylic acids is 2. The first kappa shape index (κ1) is 13.2. The van der Waals surface area contributed by atoms with E-state index in [-0.39, 0.29) is 11.8 Å². The highest BCUT2D eigenvalue weighted by molar-refractivity contribution is 5.79. The van der Waals surface area contributed by atoms with Crippen molar-refractivity contribution in [2.75, 3.05) is 26.2 Å². The Kier molecular flexibility index (Phi) is 6.08. The van der Waals surface area contributed by atoms with Crippen LogP contribution in [0.25, 0.3) is 0 Å². The monoisotopic (exact) mass is 226 g/mol. The van der Waals surface area contributed by atoms with Gasteiger partial charge in [-0.05, 0) is 32.4 Å². The van der Waals surface area contributed by atoms with Gasteiger partial charge >= 0.3 is 0 Å². The summed E-state index contributed by atoms with van der Waals surface area (Å²) in [7, 11) is 0. The summed E-state index contributed by atoms with van der Waals surface area (Å²) in [5, 5.41) is 2.82. The van der Waals surface area contributed by atoms with Gasteiger partial charge in [0.25, 0.3) is 0 Å². The summed E-state index contributed by atoms with van der Waals surface area (Å²) in [6.07, 6.45) is 4.47. The number of nitrogens with one attached hydrogen (secondary N) is 1. The van der Waals surface area contributed by atoms with E-state index in [0.29, 0.717) is 13.0 Å². The van der Waals surface area contributed by atoms with Gasteiger partial charge in [0, 0.05) is 19.5 Å². The minimum absolute atomic E-state index is 0.114. The van der Waals surface area contributed by atoms with E-state index in [9.17, 15) is 9.59 Å². The second-order valence-electron chi connectivity index (χ2n) is 4.39. The van der Waals surface area contributed by atoms with Crippen molar-refractivity contribution in [2.45, 2.75) is 32.6 Å². The SMILES string of the molecule is CCCN1CCCC(C(=O)NCCC=O)C1. The number of amides is 1. The van der Waals surface area contributed by atoms with E-state index in [1.807, 2.05) is 0 Å². The Balaban J connectivity index is 2.28. The summed E-state index contributed by atoms with van der Waals surface area (Å²) in [4.78, 5) is 24.3. The third-order valence-electron chi connectivity index (χ3n) is 2.98. The molecule has 0 aromatic carbocycles. The molecule has 4 heteroatoms. The van der Waals surface area contributed by atoms with Crippen molar-refractivity contribution in [3.8, 4) is 0 Å². The molecule has 1 rings (SSSR count). The third kappa shape index (κ3) is 4.31. The first-order chi connectivity index (χ1) is 7.77. The average Bonchev–Trinajstić information content (AvgIpc) is 2.30. The molecule has 1 fully saturated rings. The Labute approximate surface area is 97.4 Å². The molecule has 1 amide bonds. The van der Waals surface area contributed by atoms with Gasteiger partial charge in [-0.2, -0.15) is 0 Å². The fourth-order valence-electron chi connectivity index (χ4n) is 2.19. The Hall–Kier alpha value is -0.900. The maximum atomic E-state index is 11.8. The zero-order chi connectivity index (χ0) is 11.8. The number of aldehydes is 1. The molecule has 0 aromatic rings. The van der Waals surface area contributed by atoms with Crippen LogP contribution < -0.4 is 5.32 Å². The van der Waals surface area contributed by atoms with Crippen LogP contribution in [0.15, 0.2) is 0 Å². The van der Waals surface area contributed by atoms with Crippen molar-refractivity contribution in [1.82, 2.24) is 10.2 Å². The van der Waals surface area contributed by atoms with Crippen LogP contribution in [0.3, 0.4) is 0 Å². The van der Waals surface area contributed by atoms with Crippen LogP contribution in [0.2, 0.25) is 0 Å². The van der Waals surface area contributed by atoms with Crippen molar-refractivity contribution in [3.05, 3.63) is 0 Å². The Morgan fingerprint density at radius 2 is 2.38 bits per heavy atom. The standard InChI is InChI=1S/C12H22N2O2/c1-2-7-14-8-3-5-11(10-14)12(16)13-6-4-9-15/h9,11H,2-8,10H2,1H3,(H,13,16). The molecular formula is C12H22N2O2. The van der Waals surface area contributed by atoms with Crippen LogP contribution in [-0.2, 0) is 9.59 Å². The van der Waals surface area contributed by atoms with Crippen molar-refractivity contribution < 1.29 is 9.59 Å². The maximum Gasteiger partial charge on any atom is 0.224 e. The smallest absolute Gasteiger partial charge is 0.224 e. The minimum Gasteiger partial charge on any atom is -0.355 e. The molecule has 0 radical (unpaired) electrons. The third-order valence-corrected chi connectivity index (χ3v) is 2.98. The fourth-order valence-corrected chi connectivity index (χ4v) is 2.19. The van der Waals surface area contributed by atoms with Crippen LogP contribution in [-0.4, -0.2) is 43.3 Å². The molecule has 92 valence electrons. The number of rotatable bonds is 6. The molecule has 1 N–H and O–H groups in total. The summed E-state index contributed by atoms with van der Waals surface area (Å²) in [6.45, 7) is 5.71. The highest BCUT2D eigenvalue weighted by atomic mass is 16.2. The van der Waals surface area contributed by atoms with E-state index in [1.54, 1.807) is 0 Å². The molecule has 16 heavy (non-hydrogen) atoms. The lowest BCUT2D eigenvalue weighted by molar-refractivity contribution is -0.126. The van der Waals surface area contributed by atoms with E-state index in [0.717, 1.165) is 45.2 Å². The van der Waals surface area contributed by atoms with E-state index in [1.165, 1.54) is 0 Å². The normalized spacial score (nSPS) is 21.7. The molecule has 1 heterocycles. The van der Waals surface area contributed by atoms with Gasteiger partial charge in [0.05, 0.1) is 5.92 Å². The van der Waals surface area contributed by atoms with Gasteiger partial charge in [0.1, 0.15) is 6.29 Å². The van der Waals surface area contributed by atoms with E-state index >= 15 is 0 Å². The second kappa shape index (κ2) is 7.39. The zero-order valence-corrected chi connectivity index (χ0v) is 10.1. The molecule has 1 unspecified atom stereocenters. The highest BCUT2D eigenvalue weighted by Gasteiger charge is 2.24. The van der Waals surface area contributed by atoms with Crippen LogP contribution >= 0.6 is 0 Å². The number of hydrogen-bond acceptors (Lipinski definition) is 3. The summed E-state index contributed by atoms with van der Waals surface area (Å²) in [5.41, 5.74) is 0. The van der Waals surface area contributed by atoms with Gasteiger partial charge < -0.3 is 15.0 Å². The number of carbonyl (C=O) groups is 2. The summed E-state index contributed by atoms with van der Waals surface area (Å²) >= 11 is 0. The Morgan fingerprint density at radius 3 is 3.06 bits per heavy atom. The Morgan fingerprint density at radius 1 is 1.56 bits per heavy atom. The predicted octanol–water partition coefficient (Wildman–Crippen LogP) is 0.814. The van der Waals surface area contributed by atoms with Crippen LogP contribution in [0.4, 0.5) is 0 Å². The molecule has 4 nitrogen and oxygen atoms in total. The number of piperidine rings is 1. The van der Waals surface area contributed by atoms with Gasteiger partial charge in [-0.15, -0.1) is 0 Å². The van der Waals surface area contributed by atoms with E-state index in [2.05, 4.69) is 17.1 Å². The van der Waals surface area contributed by atoms with E-state index < -0.39 is 0 Å². The molecule has 1 aliphatic heterocycles. The maximum absolute atomic E-state index is 11.8. The van der Waals surface area contributed by atoms with Crippen molar-refractivity contribution in [3.63, 3.8) is 0 Å². The van der Waals surface area contributed by atoms with Gasteiger partial charge in [0.15, 0.2) is 0 Å². The van der Waals surface area contributed by atoms with Crippen molar-refractivity contribution >= 4 is 12.2 Å². The highest BCUT2D eigenvalue weighted by Crippen LogP contribution is 2.16. The molecule has 1 aliphatic rings. The van der Waals surface area contributed by atoms with Gasteiger partial charge in [0.2, 0.25) is 5.91 Å².